The number of carbonyl (C=O) groups is 1. The van der Waals surface area contributed by atoms with E-state index in [9.17, 15) is 4.79 Å². The maximum atomic E-state index is 12.2. The number of nitrogens with one attached hydrogen (secondary N) is 1. The van der Waals surface area contributed by atoms with Crippen LogP contribution in [0.1, 0.15) is 22.8 Å². The van der Waals surface area contributed by atoms with Crippen LogP contribution in [0.4, 0.5) is 10.8 Å². The number of amides is 1. The van der Waals surface area contributed by atoms with Crippen molar-refractivity contribution in [1.29, 1.82) is 0 Å². The molecule has 0 saturated heterocycles. The molecule has 0 aliphatic heterocycles. The Morgan fingerprint density at radius 3 is 2.71 bits per heavy atom. The predicted molar refractivity (Wildman–Crippen MR) is 87.8 cm³/mol. The van der Waals surface area contributed by atoms with Gasteiger partial charge >= 0.3 is 0 Å². The third kappa shape index (κ3) is 2.87. The maximum Gasteiger partial charge on any atom is 0.255 e. The number of aromatic nitrogens is 1. The largest absolute Gasteiger partial charge is 0.375 e. The number of nitrogens with two attached hydrogens (primary N) is 1. The second kappa shape index (κ2) is 5.54. The van der Waals surface area contributed by atoms with E-state index in [0.29, 0.717) is 10.7 Å². The average molecular weight is 297 g/mol. The Morgan fingerprint density at radius 1 is 1.24 bits per heavy atom. The number of anilines is 2. The minimum absolute atomic E-state index is 0.116. The van der Waals surface area contributed by atoms with Crippen LogP contribution in [0.25, 0.3) is 10.2 Å². The Bertz CT molecular complexity index is 793. The Hall–Kier alpha value is -2.40. The van der Waals surface area contributed by atoms with Gasteiger partial charge in [-0.3, -0.25) is 4.79 Å². The molecule has 4 nitrogen and oxygen atoms in total. The van der Waals surface area contributed by atoms with Crippen LogP contribution in [0.3, 0.4) is 0 Å². The molecule has 0 saturated carbocycles. The Labute approximate surface area is 126 Å². The zero-order chi connectivity index (χ0) is 14.8. The molecule has 1 heterocycles. The first kappa shape index (κ1) is 13.6. The molecule has 0 fully saturated rings. The molecule has 3 aromatic rings. The number of hydrogen-bond acceptors (Lipinski definition) is 4. The summed E-state index contributed by atoms with van der Waals surface area (Å²) >= 11 is 1.41. The number of fused-ring (bicyclic) bond motifs is 1. The highest BCUT2D eigenvalue weighted by Crippen LogP contribution is 2.26. The van der Waals surface area contributed by atoms with Gasteiger partial charge in [-0.25, -0.2) is 4.98 Å². The van der Waals surface area contributed by atoms with Crippen molar-refractivity contribution >= 4 is 38.3 Å². The second-order valence-corrected chi connectivity index (χ2v) is 5.80. The fourth-order valence-electron chi connectivity index (χ4n) is 2.12. The van der Waals surface area contributed by atoms with Crippen LogP contribution >= 0.6 is 11.3 Å². The highest BCUT2D eigenvalue weighted by atomic mass is 32.1. The number of thiazole rings is 1. The summed E-state index contributed by atoms with van der Waals surface area (Å²) in [5, 5.41) is 3.43. The molecule has 21 heavy (non-hydrogen) atoms. The van der Waals surface area contributed by atoms with Crippen molar-refractivity contribution in [1.82, 2.24) is 4.98 Å². The van der Waals surface area contributed by atoms with Gasteiger partial charge in [0.1, 0.15) is 0 Å². The summed E-state index contributed by atoms with van der Waals surface area (Å²) in [5.41, 5.74) is 9.14. The van der Waals surface area contributed by atoms with Crippen LogP contribution in [0.15, 0.2) is 42.5 Å². The average Bonchev–Trinajstić information content (AvgIpc) is 2.86. The van der Waals surface area contributed by atoms with Gasteiger partial charge < -0.3 is 11.1 Å². The summed E-state index contributed by atoms with van der Waals surface area (Å²) in [6, 6.07) is 13.2. The van der Waals surface area contributed by atoms with E-state index in [1.54, 1.807) is 0 Å². The van der Waals surface area contributed by atoms with E-state index >= 15 is 0 Å². The van der Waals surface area contributed by atoms with Crippen molar-refractivity contribution in [2.45, 2.75) is 13.3 Å². The van der Waals surface area contributed by atoms with E-state index in [2.05, 4.69) is 17.2 Å². The lowest BCUT2D eigenvalue weighted by Gasteiger charge is -2.06. The SMILES string of the molecule is CCc1ccc(C(=O)Nc2ccc3nc(N)sc3c2)cc1. The Kier molecular flexibility index (Phi) is 3.58. The van der Waals surface area contributed by atoms with Gasteiger partial charge in [0.25, 0.3) is 5.91 Å². The zero-order valence-corrected chi connectivity index (χ0v) is 12.4. The van der Waals surface area contributed by atoms with E-state index < -0.39 is 0 Å². The highest BCUT2D eigenvalue weighted by molar-refractivity contribution is 7.22. The van der Waals surface area contributed by atoms with Crippen LogP contribution in [0.2, 0.25) is 0 Å². The van der Waals surface area contributed by atoms with Crippen LogP contribution in [-0.4, -0.2) is 10.9 Å². The summed E-state index contributed by atoms with van der Waals surface area (Å²) in [5.74, 6) is -0.116. The monoisotopic (exact) mass is 297 g/mol. The number of carbonyl (C=O) groups excluding carboxylic acids is 1. The third-order valence-corrected chi connectivity index (χ3v) is 4.13. The van der Waals surface area contributed by atoms with Crippen LogP contribution in [0, 0.1) is 0 Å². The first-order valence-electron chi connectivity index (χ1n) is 6.72. The number of aryl methyl sites for hydroxylation is 1. The summed E-state index contributed by atoms with van der Waals surface area (Å²) in [4.78, 5) is 16.4. The molecular formula is C16H15N3OS. The molecule has 1 aromatic heterocycles. The first-order valence-corrected chi connectivity index (χ1v) is 7.53. The molecule has 0 atom stereocenters. The van der Waals surface area contributed by atoms with Crippen molar-refractivity contribution in [3.8, 4) is 0 Å². The maximum absolute atomic E-state index is 12.2. The summed E-state index contributed by atoms with van der Waals surface area (Å²) in [6.45, 7) is 2.09. The molecule has 106 valence electrons. The van der Waals surface area contributed by atoms with Crippen LogP contribution in [-0.2, 0) is 6.42 Å². The third-order valence-electron chi connectivity index (χ3n) is 3.29. The molecule has 2 aromatic carbocycles. The first-order chi connectivity index (χ1) is 10.2. The quantitative estimate of drug-likeness (QED) is 0.774. The van der Waals surface area contributed by atoms with Gasteiger partial charge in [-0.05, 0) is 42.3 Å². The van der Waals surface area contributed by atoms with Gasteiger partial charge in [-0.1, -0.05) is 30.4 Å². The van der Waals surface area contributed by atoms with Gasteiger partial charge in [-0.2, -0.15) is 0 Å². The Morgan fingerprint density at radius 2 is 2.00 bits per heavy atom. The molecule has 0 radical (unpaired) electrons. The number of hydrogen-bond donors (Lipinski definition) is 2. The van der Waals surface area contributed by atoms with Crippen molar-refractivity contribution < 1.29 is 4.79 Å². The van der Waals surface area contributed by atoms with E-state index in [1.165, 1.54) is 16.9 Å². The van der Waals surface area contributed by atoms with E-state index in [1.807, 2.05) is 42.5 Å². The van der Waals surface area contributed by atoms with Crippen LogP contribution < -0.4 is 11.1 Å². The standard InChI is InChI=1S/C16H15N3OS/c1-2-10-3-5-11(6-4-10)15(20)18-12-7-8-13-14(9-12)21-16(17)19-13/h3-9H,2H2,1H3,(H2,17,19)(H,18,20). The van der Waals surface area contributed by atoms with Crippen molar-refractivity contribution in [2.75, 3.05) is 11.1 Å². The Balaban J connectivity index is 1.81. The molecule has 0 bridgehead atoms. The summed E-state index contributed by atoms with van der Waals surface area (Å²) in [6.07, 6.45) is 0.964. The molecule has 0 aliphatic carbocycles. The molecule has 0 aliphatic rings. The number of nitrogen functional groups attached to an aromatic ring is 1. The van der Waals surface area contributed by atoms with Gasteiger partial charge in [0, 0.05) is 11.3 Å². The van der Waals surface area contributed by atoms with E-state index in [4.69, 9.17) is 5.73 Å². The molecule has 0 spiro atoms. The van der Waals surface area contributed by atoms with Gasteiger partial charge in [0.05, 0.1) is 10.2 Å². The van der Waals surface area contributed by atoms with E-state index in [0.717, 1.165) is 22.3 Å². The van der Waals surface area contributed by atoms with Crippen LogP contribution in [0.5, 0.6) is 0 Å². The minimum atomic E-state index is -0.116. The molecule has 3 rings (SSSR count). The normalized spacial score (nSPS) is 10.7. The van der Waals surface area contributed by atoms with Gasteiger partial charge in [0.15, 0.2) is 5.13 Å². The molecular weight excluding hydrogens is 282 g/mol. The summed E-state index contributed by atoms with van der Waals surface area (Å²) in [7, 11) is 0. The fourth-order valence-corrected chi connectivity index (χ4v) is 2.89. The lowest BCUT2D eigenvalue weighted by Crippen LogP contribution is -2.11. The molecule has 5 heteroatoms. The molecule has 1 amide bonds. The molecule has 0 unspecified atom stereocenters. The summed E-state index contributed by atoms with van der Waals surface area (Å²) < 4.78 is 0.964. The predicted octanol–water partition coefficient (Wildman–Crippen LogP) is 3.69. The minimum Gasteiger partial charge on any atom is -0.375 e. The van der Waals surface area contributed by atoms with Crippen molar-refractivity contribution in [3.63, 3.8) is 0 Å². The highest BCUT2D eigenvalue weighted by Gasteiger charge is 2.07. The van der Waals surface area contributed by atoms with Gasteiger partial charge in [-0.15, -0.1) is 0 Å². The fraction of sp³-hybridized carbons (Fsp3) is 0.125. The van der Waals surface area contributed by atoms with E-state index in [-0.39, 0.29) is 5.91 Å². The number of nitrogens with zero attached hydrogens (tertiary/aromatic N) is 1. The lowest BCUT2D eigenvalue weighted by atomic mass is 10.1. The second-order valence-electron chi connectivity index (χ2n) is 4.74. The van der Waals surface area contributed by atoms with Gasteiger partial charge in [0.2, 0.25) is 0 Å². The number of benzene rings is 2. The van der Waals surface area contributed by atoms with Crippen molar-refractivity contribution in [3.05, 3.63) is 53.6 Å². The molecule has 3 N–H and O–H groups in total. The topological polar surface area (TPSA) is 68.0 Å². The lowest BCUT2D eigenvalue weighted by molar-refractivity contribution is 0.102. The van der Waals surface area contributed by atoms with Crippen molar-refractivity contribution in [2.24, 2.45) is 0 Å². The zero-order valence-electron chi connectivity index (χ0n) is 11.6. The number of rotatable bonds is 3. The smallest absolute Gasteiger partial charge is 0.255 e.